The van der Waals surface area contributed by atoms with Crippen LogP contribution in [0.15, 0.2) is 59.0 Å². The van der Waals surface area contributed by atoms with Gasteiger partial charge in [0.05, 0.1) is 0 Å². The quantitative estimate of drug-likeness (QED) is 0.667. The maximum atomic E-state index is 12.4. The Morgan fingerprint density at radius 2 is 1.69 bits per heavy atom. The molecule has 2 atom stereocenters. The van der Waals surface area contributed by atoms with E-state index in [4.69, 9.17) is 18.6 Å². The van der Waals surface area contributed by atoms with Crippen molar-refractivity contribution >= 4 is 5.97 Å². The number of esters is 1. The van der Waals surface area contributed by atoms with Crippen molar-refractivity contribution in [2.75, 3.05) is 0 Å². The predicted octanol–water partition coefficient (Wildman–Crippen LogP) is 3.01. The highest BCUT2D eigenvalue weighted by atomic mass is 16.6. The van der Waals surface area contributed by atoms with Crippen molar-refractivity contribution in [2.24, 2.45) is 0 Å². The Morgan fingerprint density at radius 3 is 2.46 bits per heavy atom. The van der Waals surface area contributed by atoms with Gasteiger partial charge in [0.1, 0.15) is 6.10 Å². The number of fused-ring (bicyclic) bond motifs is 1. The fraction of sp³-hybridized carbons (Fsp3) is 0.211. The number of carbonyl (C=O) groups is 1. The van der Waals surface area contributed by atoms with Crippen LogP contribution in [0.2, 0.25) is 0 Å². The van der Waals surface area contributed by atoms with Gasteiger partial charge in [0, 0.05) is 5.56 Å². The van der Waals surface area contributed by atoms with Gasteiger partial charge in [0.15, 0.2) is 18.1 Å². The van der Waals surface area contributed by atoms with E-state index in [1.165, 1.54) is 0 Å². The zero-order valence-corrected chi connectivity index (χ0v) is 14.0. The van der Waals surface area contributed by atoms with Crippen molar-refractivity contribution in [3.8, 4) is 23.0 Å². The second-order valence-corrected chi connectivity index (χ2v) is 5.78. The molecule has 2 aromatic carbocycles. The average Bonchev–Trinajstić information content (AvgIpc) is 3.15. The molecule has 0 saturated heterocycles. The van der Waals surface area contributed by atoms with Crippen LogP contribution in [0.4, 0.5) is 0 Å². The highest BCUT2D eigenvalue weighted by Gasteiger charge is 2.35. The number of benzene rings is 2. The van der Waals surface area contributed by atoms with Gasteiger partial charge in [-0.05, 0) is 31.2 Å². The molecule has 7 nitrogen and oxygen atoms in total. The van der Waals surface area contributed by atoms with Gasteiger partial charge >= 0.3 is 5.97 Å². The fourth-order valence-electron chi connectivity index (χ4n) is 2.60. The van der Waals surface area contributed by atoms with Crippen LogP contribution < -0.4 is 9.47 Å². The van der Waals surface area contributed by atoms with Gasteiger partial charge in [-0.1, -0.05) is 30.3 Å². The van der Waals surface area contributed by atoms with Crippen LogP contribution in [0.1, 0.15) is 12.8 Å². The number of rotatable bonds is 4. The Kier molecular flexibility index (Phi) is 4.27. The van der Waals surface area contributed by atoms with Crippen LogP contribution >= 0.6 is 0 Å². The molecule has 0 N–H and O–H groups in total. The number of hydrogen-bond donors (Lipinski definition) is 0. The van der Waals surface area contributed by atoms with E-state index in [2.05, 4.69) is 10.2 Å². The molecule has 2 heterocycles. The van der Waals surface area contributed by atoms with E-state index >= 15 is 0 Å². The van der Waals surface area contributed by atoms with Crippen molar-refractivity contribution in [3.63, 3.8) is 0 Å². The third-order valence-corrected chi connectivity index (χ3v) is 3.90. The Labute approximate surface area is 149 Å². The Morgan fingerprint density at radius 1 is 1.00 bits per heavy atom. The van der Waals surface area contributed by atoms with Gasteiger partial charge in [0.2, 0.25) is 12.0 Å². The molecule has 0 fully saturated rings. The summed E-state index contributed by atoms with van der Waals surface area (Å²) < 4.78 is 22.2. The van der Waals surface area contributed by atoms with Crippen LogP contribution in [-0.2, 0) is 16.1 Å². The van der Waals surface area contributed by atoms with Crippen molar-refractivity contribution in [2.45, 2.75) is 25.7 Å². The highest BCUT2D eigenvalue weighted by Crippen LogP contribution is 2.33. The molecule has 0 unspecified atom stereocenters. The molecular weight excluding hydrogens is 336 g/mol. The molecule has 0 saturated carbocycles. The van der Waals surface area contributed by atoms with Crippen molar-refractivity contribution in [1.29, 1.82) is 0 Å². The van der Waals surface area contributed by atoms with Crippen molar-refractivity contribution in [1.82, 2.24) is 10.2 Å². The molecule has 7 heteroatoms. The first-order chi connectivity index (χ1) is 12.7. The molecule has 0 amide bonds. The summed E-state index contributed by atoms with van der Waals surface area (Å²) in [5.74, 6) is 1.15. The zero-order valence-electron chi connectivity index (χ0n) is 14.0. The smallest absolute Gasteiger partial charge is 0.351 e. The summed E-state index contributed by atoms with van der Waals surface area (Å²) in [6, 6.07) is 16.5. The second kappa shape index (κ2) is 6.87. The highest BCUT2D eigenvalue weighted by molar-refractivity contribution is 5.76. The summed E-state index contributed by atoms with van der Waals surface area (Å²) in [6.45, 7) is 1.62. The molecule has 0 aliphatic carbocycles. The minimum absolute atomic E-state index is 0.132. The van der Waals surface area contributed by atoms with Gasteiger partial charge in [0.25, 0.3) is 5.89 Å². The Hall–Kier alpha value is -3.35. The molecular formula is C19H16N2O5. The minimum Gasteiger partial charge on any atom is -0.482 e. The topological polar surface area (TPSA) is 83.7 Å². The number of nitrogens with zero attached hydrogens (tertiary/aromatic N) is 2. The molecule has 1 aliphatic rings. The van der Waals surface area contributed by atoms with Crippen LogP contribution in [-0.4, -0.2) is 28.4 Å². The van der Waals surface area contributed by atoms with Gasteiger partial charge in [-0.2, -0.15) is 0 Å². The summed E-state index contributed by atoms with van der Waals surface area (Å²) in [7, 11) is 0. The zero-order chi connectivity index (χ0) is 17.9. The SMILES string of the molecule is C[C@H]1Oc2ccccc2O[C@H]1C(=O)OCc1nnc(-c2ccccc2)o1. The van der Waals surface area contributed by atoms with E-state index in [9.17, 15) is 4.79 Å². The standard InChI is InChI=1S/C19H16N2O5/c1-12-17(25-15-10-6-5-9-14(15)24-12)19(22)23-11-16-20-21-18(26-16)13-7-3-2-4-8-13/h2-10,12,17H,11H2,1H3/t12-,17-/m1/s1. The third-order valence-electron chi connectivity index (χ3n) is 3.90. The first-order valence-corrected chi connectivity index (χ1v) is 8.17. The van der Waals surface area contributed by atoms with Crippen LogP contribution in [0.3, 0.4) is 0 Å². The van der Waals surface area contributed by atoms with E-state index in [0.717, 1.165) is 5.56 Å². The van der Waals surface area contributed by atoms with E-state index in [1.807, 2.05) is 42.5 Å². The van der Waals surface area contributed by atoms with Gasteiger partial charge in [-0.3, -0.25) is 0 Å². The first kappa shape index (κ1) is 16.1. The lowest BCUT2D eigenvalue weighted by Crippen LogP contribution is -2.44. The van der Waals surface area contributed by atoms with Crippen LogP contribution in [0, 0.1) is 0 Å². The van der Waals surface area contributed by atoms with Gasteiger partial charge in [-0.25, -0.2) is 4.79 Å². The Bertz CT molecular complexity index is 909. The molecule has 0 bridgehead atoms. The molecule has 0 radical (unpaired) electrons. The average molecular weight is 352 g/mol. The molecule has 132 valence electrons. The Balaban J connectivity index is 1.39. The molecule has 26 heavy (non-hydrogen) atoms. The summed E-state index contributed by atoms with van der Waals surface area (Å²) in [5, 5.41) is 7.86. The van der Waals surface area contributed by atoms with E-state index in [0.29, 0.717) is 17.4 Å². The lowest BCUT2D eigenvalue weighted by molar-refractivity contribution is -0.159. The molecule has 1 aliphatic heterocycles. The monoisotopic (exact) mass is 352 g/mol. The first-order valence-electron chi connectivity index (χ1n) is 8.17. The van der Waals surface area contributed by atoms with E-state index in [1.54, 1.807) is 19.1 Å². The largest absolute Gasteiger partial charge is 0.482 e. The molecule has 3 aromatic rings. The number of carbonyl (C=O) groups excluding carboxylic acids is 1. The molecule has 4 rings (SSSR count). The summed E-state index contributed by atoms with van der Waals surface area (Å²) in [6.07, 6.45) is -1.33. The van der Waals surface area contributed by atoms with E-state index < -0.39 is 18.2 Å². The van der Waals surface area contributed by atoms with Crippen LogP contribution in [0.5, 0.6) is 11.5 Å². The normalized spacial score (nSPS) is 18.3. The summed E-state index contributed by atoms with van der Waals surface area (Å²) in [4.78, 5) is 12.4. The van der Waals surface area contributed by atoms with Crippen LogP contribution in [0.25, 0.3) is 11.5 Å². The number of para-hydroxylation sites is 2. The van der Waals surface area contributed by atoms with Crippen molar-refractivity contribution < 1.29 is 23.4 Å². The third kappa shape index (κ3) is 3.23. The van der Waals surface area contributed by atoms with E-state index in [-0.39, 0.29) is 12.5 Å². The minimum atomic E-state index is -0.860. The summed E-state index contributed by atoms with van der Waals surface area (Å²) >= 11 is 0. The lowest BCUT2D eigenvalue weighted by Gasteiger charge is -2.30. The predicted molar refractivity (Wildman–Crippen MR) is 90.5 cm³/mol. The number of hydrogen-bond acceptors (Lipinski definition) is 7. The number of aromatic nitrogens is 2. The molecule has 1 aromatic heterocycles. The number of ether oxygens (including phenoxy) is 3. The van der Waals surface area contributed by atoms with Gasteiger partial charge in [-0.15, -0.1) is 10.2 Å². The maximum absolute atomic E-state index is 12.4. The fourth-order valence-corrected chi connectivity index (χ4v) is 2.60. The summed E-state index contributed by atoms with van der Waals surface area (Å²) in [5.41, 5.74) is 0.798. The van der Waals surface area contributed by atoms with Gasteiger partial charge < -0.3 is 18.6 Å². The lowest BCUT2D eigenvalue weighted by atomic mass is 10.2. The second-order valence-electron chi connectivity index (χ2n) is 5.78. The molecule has 0 spiro atoms. The maximum Gasteiger partial charge on any atom is 0.351 e. The van der Waals surface area contributed by atoms with Crippen molar-refractivity contribution in [3.05, 3.63) is 60.5 Å².